The lowest BCUT2D eigenvalue weighted by atomic mass is 10.1. The number of hydrogen-bond donors (Lipinski definition) is 0. The molecule has 4 heteroatoms. The average Bonchev–Trinajstić information content (AvgIpc) is 2.35. The average molecular weight is 230 g/mol. The van der Waals surface area contributed by atoms with Crippen molar-refractivity contribution in [3.8, 4) is 11.5 Å². The van der Waals surface area contributed by atoms with Crippen LogP contribution in [0, 0.1) is 0 Å². The van der Waals surface area contributed by atoms with Crippen LogP contribution in [0.1, 0.15) is 5.56 Å². The van der Waals surface area contributed by atoms with Crippen LogP contribution in [0.3, 0.4) is 0 Å². The minimum absolute atomic E-state index is 0.383. The van der Waals surface area contributed by atoms with Crippen molar-refractivity contribution in [1.29, 1.82) is 0 Å². The molecule has 17 heavy (non-hydrogen) atoms. The van der Waals surface area contributed by atoms with E-state index < -0.39 is 0 Å². The minimum atomic E-state index is -0.383. The van der Waals surface area contributed by atoms with E-state index in [0.29, 0.717) is 23.7 Å². The Labute approximate surface area is 97.1 Å². The van der Waals surface area contributed by atoms with Gasteiger partial charge >= 0.3 is 5.63 Å². The summed E-state index contributed by atoms with van der Waals surface area (Å²) in [6.45, 7) is 0.513. The Morgan fingerprint density at radius 2 is 2.24 bits per heavy atom. The fourth-order valence-electron chi connectivity index (χ4n) is 1.98. The van der Waals surface area contributed by atoms with Crippen molar-refractivity contribution in [2.75, 3.05) is 13.7 Å². The molecule has 0 spiro atoms. The van der Waals surface area contributed by atoms with Crippen molar-refractivity contribution in [1.82, 2.24) is 0 Å². The first kappa shape index (κ1) is 9.96. The van der Waals surface area contributed by atoms with Gasteiger partial charge in [0, 0.05) is 12.1 Å². The van der Waals surface area contributed by atoms with E-state index >= 15 is 0 Å². The van der Waals surface area contributed by atoms with Gasteiger partial charge in [0.15, 0.2) is 0 Å². The fourth-order valence-corrected chi connectivity index (χ4v) is 1.98. The summed E-state index contributed by atoms with van der Waals surface area (Å²) in [5.74, 6) is 1.34. The first-order valence-corrected chi connectivity index (χ1v) is 5.24. The van der Waals surface area contributed by atoms with Crippen LogP contribution in [0.4, 0.5) is 0 Å². The van der Waals surface area contributed by atoms with Gasteiger partial charge in [0.25, 0.3) is 0 Å². The van der Waals surface area contributed by atoms with E-state index in [2.05, 4.69) is 0 Å². The normalized spacial score (nSPS) is 13.2. The fraction of sp³-hybridized carbons (Fsp3) is 0.154. The topological polar surface area (TPSA) is 48.7 Å². The molecule has 0 N–H and O–H groups in total. The molecule has 1 aromatic heterocycles. The Morgan fingerprint density at radius 3 is 3.06 bits per heavy atom. The minimum Gasteiger partial charge on any atom is -0.495 e. The Hall–Kier alpha value is -2.23. The Kier molecular flexibility index (Phi) is 2.14. The summed E-state index contributed by atoms with van der Waals surface area (Å²) in [4.78, 5) is 11.2. The molecule has 0 aliphatic carbocycles. The van der Waals surface area contributed by atoms with E-state index in [0.717, 1.165) is 10.9 Å². The van der Waals surface area contributed by atoms with E-state index in [1.807, 2.05) is 12.2 Å². The van der Waals surface area contributed by atoms with E-state index in [4.69, 9.17) is 13.9 Å². The molecule has 1 aliphatic rings. The van der Waals surface area contributed by atoms with Gasteiger partial charge in [-0.1, -0.05) is 0 Å². The van der Waals surface area contributed by atoms with Crippen LogP contribution in [-0.2, 0) is 0 Å². The molecule has 86 valence electrons. The lowest BCUT2D eigenvalue weighted by molar-refractivity contribution is 0.351. The summed E-state index contributed by atoms with van der Waals surface area (Å²) in [5, 5.41) is 0.765. The molecular formula is C13H10O4. The second-order valence-corrected chi connectivity index (χ2v) is 3.70. The van der Waals surface area contributed by atoms with Crippen LogP contribution in [-0.4, -0.2) is 13.7 Å². The Balaban J connectivity index is 2.43. The highest BCUT2D eigenvalue weighted by molar-refractivity contribution is 5.90. The van der Waals surface area contributed by atoms with Crippen LogP contribution in [0.15, 0.2) is 33.5 Å². The molecule has 1 aromatic carbocycles. The zero-order valence-electron chi connectivity index (χ0n) is 9.23. The third kappa shape index (κ3) is 1.49. The number of benzene rings is 1. The highest BCUT2D eigenvalue weighted by Crippen LogP contribution is 2.38. The van der Waals surface area contributed by atoms with Crippen LogP contribution in [0.2, 0.25) is 0 Å². The lowest BCUT2D eigenvalue weighted by Crippen LogP contribution is -2.03. The highest BCUT2D eigenvalue weighted by atomic mass is 16.5. The molecule has 0 bridgehead atoms. The van der Waals surface area contributed by atoms with Crippen LogP contribution in [0.5, 0.6) is 11.5 Å². The summed E-state index contributed by atoms with van der Waals surface area (Å²) in [5.41, 5.74) is 0.967. The summed E-state index contributed by atoms with van der Waals surface area (Å²) in [7, 11) is 1.59. The second kappa shape index (κ2) is 3.66. The predicted molar refractivity (Wildman–Crippen MR) is 63.6 cm³/mol. The Morgan fingerprint density at radius 1 is 1.35 bits per heavy atom. The number of fused-ring (bicyclic) bond motifs is 2. The molecule has 0 radical (unpaired) electrons. The standard InChI is InChI=1S/C13H10O4/c1-15-13-8-3-2-6-16-10(8)7-11-9(13)4-5-12(14)17-11/h2-5,7H,6H2,1H3. The molecule has 2 aromatic rings. The van der Waals surface area contributed by atoms with Gasteiger partial charge in [-0.2, -0.15) is 0 Å². The van der Waals surface area contributed by atoms with Crippen molar-refractivity contribution in [3.63, 3.8) is 0 Å². The van der Waals surface area contributed by atoms with Gasteiger partial charge in [-0.05, 0) is 18.2 Å². The summed E-state index contributed by atoms with van der Waals surface area (Å²) < 4.78 is 16.0. The zero-order valence-corrected chi connectivity index (χ0v) is 9.23. The van der Waals surface area contributed by atoms with Crippen molar-refractivity contribution >= 4 is 17.0 Å². The first-order chi connectivity index (χ1) is 8.29. The number of rotatable bonds is 1. The van der Waals surface area contributed by atoms with Crippen LogP contribution in [0.25, 0.3) is 17.0 Å². The van der Waals surface area contributed by atoms with E-state index in [1.54, 1.807) is 19.2 Å². The molecule has 0 amide bonds. The van der Waals surface area contributed by atoms with Gasteiger partial charge in [-0.15, -0.1) is 0 Å². The quantitative estimate of drug-likeness (QED) is 0.705. The SMILES string of the molecule is COc1c2c(cc3oc(=O)ccc13)OCC=C2. The molecule has 4 nitrogen and oxygen atoms in total. The van der Waals surface area contributed by atoms with Gasteiger partial charge in [0.2, 0.25) is 0 Å². The summed E-state index contributed by atoms with van der Waals surface area (Å²) in [6, 6.07) is 4.80. The van der Waals surface area contributed by atoms with E-state index in [9.17, 15) is 4.79 Å². The van der Waals surface area contributed by atoms with Crippen molar-refractivity contribution in [2.24, 2.45) is 0 Å². The van der Waals surface area contributed by atoms with Gasteiger partial charge in [-0.25, -0.2) is 4.79 Å². The number of ether oxygens (including phenoxy) is 2. The van der Waals surface area contributed by atoms with Gasteiger partial charge < -0.3 is 13.9 Å². The molecule has 1 aliphatic heterocycles. The van der Waals surface area contributed by atoms with E-state index in [-0.39, 0.29) is 5.63 Å². The molecule has 0 saturated heterocycles. The maximum Gasteiger partial charge on any atom is 0.336 e. The molecule has 3 rings (SSSR count). The van der Waals surface area contributed by atoms with Gasteiger partial charge in [0.05, 0.1) is 18.1 Å². The van der Waals surface area contributed by atoms with Crippen molar-refractivity contribution in [3.05, 3.63) is 40.3 Å². The zero-order chi connectivity index (χ0) is 11.8. The number of hydrogen-bond acceptors (Lipinski definition) is 4. The predicted octanol–water partition coefficient (Wildman–Crippen LogP) is 2.21. The van der Waals surface area contributed by atoms with Crippen LogP contribution >= 0.6 is 0 Å². The third-order valence-corrected chi connectivity index (χ3v) is 2.70. The molecule has 0 fully saturated rings. The number of methoxy groups -OCH3 is 1. The molecule has 0 atom stereocenters. The maximum absolute atomic E-state index is 11.2. The van der Waals surface area contributed by atoms with Crippen LogP contribution < -0.4 is 15.1 Å². The third-order valence-electron chi connectivity index (χ3n) is 2.70. The lowest BCUT2D eigenvalue weighted by Gasteiger charge is -2.16. The first-order valence-electron chi connectivity index (χ1n) is 5.24. The second-order valence-electron chi connectivity index (χ2n) is 3.70. The van der Waals surface area contributed by atoms with Crippen molar-refractivity contribution in [2.45, 2.75) is 0 Å². The smallest absolute Gasteiger partial charge is 0.336 e. The van der Waals surface area contributed by atoms with Crippen molar-refractivity contribution < 1.29 is 13.9 Å². The van der Waals surface area contributed by atoms with E-state index in [1.165, 1.54) is 6.07 Å². The molecule has 0 saturated carbocycles. The maximum atomic E-state index is 11.2. The largest absolute Gasteiger partial charge is 0.495 e. The van der Waals surface area contributed by atoms with Gasteiger partial charge in [0.1, 0.15) is 23.7 Å². The summed E-state index contributed by atoms with van der Waals surface area (Å²) >= 11 is 0. The molecule has 0 unspecified atom stereocenters. The highest BCUT2D eigenvalue weighted by Gasteiger charge is 2.16. The monoisotopic (exact) mass is 230 g/mol. The molecule has 2 heterocycles. The Bertz CT molecular complexity index is 667. The summed E-state index contributed by atoms with van der Waals surface area (Å²) in [6.07, 6.45) is 3.86. The molecular weight excluding hydrogens is 220 g/mol. The van der Waals surface area contributed by atoms with Gasteiger partial charge in [-0.3, -0.25) is 0 Å².